The van der Waals surface area contributed by atoms with Crippen LogP contribution in [0.15, 0.2) is 34.9 Å². The molecule has 2 aromatic rings. The first-order valence-corrected chi connectivity index (χ1v) is 11.5. The molecule has 2 fully saturated rings. The van der Waals surface area contributed by atoms with Crippen LogP contribution in [0.1, 0.15) is 29.4 Å². The number of oxazole rings is 1. The minimum atomic E-state index is -0.519. The second-order valence-electron chi connectivity index (χ2n) is 8.03. The molecule has 1 aromatic heterocycles. The highest BCUT2D eigenvalue weighted by Gasteiger charge is 2.33. The predicted octanol–water partition coefficient (Wildman–Crippen LogP) is 2.19. The third kappa shape index (κ3) is 5.65. The molecule has 0 spiro atoms. The maximum Gasteiger partial charge on any atom is 0.410 e. The van der Waals surface area contributed by atoms with E-state index in [9.17, 15) is 24.5 Å². The summed E-state index contributed by atoms with van der Waals surface area (Å²) in [6.07, 6.45) is 1.34. The van der Waals surface area contributed by atoms with Gasteiger partial charge in [-0.15, -0.1) is 0 Å². The van der Waals surface area contributed by atoms with Crippen LogP contribution in [0, 0.1) is 10.1 Å². The zero-order valence-electron chi connectivity index (χ0n) is 18.3. The van der Waals surface area contributed by atoms with Gasteiger partial charge in [-0.25, -0.2) is 4.79 Å². The monoisotopic (exact) mass is 489 g/mol. The number of likely N-dealkylation sites (tertiary alicyclic amines) is 1. The third-order valence-corrected chi connectivity index (χ3v) is 6.43. The van der Waals surface area contributed by atoms with E-state index in [0.717, 1.165) is 0 Å². The van der Waals surface area contributed by atoms with E-state index in [2.05, 4.69) is 10.3 Å². The second kappa shape index (κ2) is 10.1. The summed E-state index contributed by atoms with van der Waals surface area (Å²) in [7, 11) is 0. The average Bonchev–Trinajstić information content (AvgIpc) is 3.44. The van der Waals surface area contributed by atoms with Gasteiger partial charge < -0.3 is 24.3 Å². The lowest BCUT2D eigenvalue weighted by molar-refractivity contribution is -0.384. The Labute approximate surface area is 198 Å². The molecule has 2 aliphatic heterocycles. The molecule has 2 saturated heterocycles. The Hall–Kier alpha value is -3.61. The van der Waals surface area contributed by atoms with Crippen molar-refractivity contribution >= 4 is 40.6 Å². The molecule has 4 rings (SSSR count). The quantitative estimate of drug-likeness (QED) is 0.453. The van der Waals surface area contributed by atoms with Crippen LogP contribution < -0.4 is 10.2 Å². The Kier molecular flexibility index (Phi) is 7.01. The highest BCUT2D eigenvalue weighted by Crippen LogP contribution is 2.27. The Morgan fingerprint density at radius 2 is 2.00 bits per heavy atom. The van der Waals surface area contributed by atoms with Gasteiger partial charge in [-0.05, 0) is 24.1 Å². The van der Waals surface area contributed by atoms with Crippen LogP contribution >= 0.6 is 11.8 Å². The average molecular weight is 490 g/mol. The minimum Gasteiger partial charge on any atom is -0.445 e. The number of thioether (sulfide) groups is 1. The van der Waals surface area contributed by atoms with E-state index in [-0.39, 0.29) is 34.4 Å². The van der Waals surface area contributed by atoms with E-state index in [1.165, 1.54) is 54.1 Å². The van der Waals surface area contributed by atoms with Crippen molar-refractivity contribution in [2.24, 2.45) is 0 Å². The van der Waals surface area contributed by atoms with E-state index in [1.54, 1.807) is 0 Å². The molecule has 12 nitrogen and oxygen atoms in total. The lowest BCUT2D eigenvalue weighted by atomic mass is 10.2. The number of rotatable bonds is 7. The fourth-order valence-electron chi connectivity index (χ4n) is 3.67. The molecule has 1 unspecified atom stereocenters. The number of benzene rings is 1. The smallest absolute Gasteiger partial charge is 0.410 e. The van der Waals surface area contributed by atoms with Crippen LogP contribution in [0.3, 0.4) is 0 Å². The number of nitrogens with zero attached hydrogens (tertiary/aromatic N) is 4. The first-order valence-electron chi connectivity index (χ1n) is 10.6. The fraction of sp³-hybridized carbons (Fsp3) is 0.429. The molecular weight excluding hydrogens is 466 g/mol. The predicted molar refractivity (Wildman–Crippen MR) is 122 cm³/mol. The number of nitro benzene ring substituents is 1. The molecule has 0 saturated carbocycles. The van der Waals surface area contributed by atoms with Crippen molar-refractivity contribution in [1.29, 1.82) is 0 Å². The van der Waals surface area contributed by atoms with E-state index >= 15 is 0 Å². The number of anilines is 1. The number of nitro groups is 1. The van der Waals surface area contributed by atoms with Crippen LogP contribution in [-0.4, -0.2) is 69.4 Å². The standard InChI is InChI=1S/C21H23N5O7S/c1-13(27)34-17-9-25(10-17)20-23-18(12-32-20)19(28)22-15-6-7-24(8-15)21(29)33-11-14-2-4-16(5-3-14)26(30)31/h2-5,12,15,17H,6-11H2,1H3,(H,22,28). The number of hydrogen-bond donors (Lipinski definition) is 1. The molecule has 3 heterocycles. The van der Waals surface area contributed by atoms with Gasteiger partial charge in [0.05, 0.1) is 4.92 Å². The lowest BCUT2D eigenvalue weighted by Gasteiger charge is -2.36. The summed E-state index contributed by atoms with van der Waals surface area (Å²) in [5.74, 6) is -0.392. The second-order valence-corrected chi connectivity index (χ2v) is 9.51. The molecule has 0 bridgehead atoms. The molecule has 34 heavy (non-hydrogen) atoms. The van der Waals surface area contributed by atoms with E-state index in [4.69, 9.17) is 9.15 Å². The number of ether oxygens (including phenoxy) is 1. The van der Waals surface area contributed by atoms with Crippen LogP contribution in [0.5, 0.6) is 0 Å². The molecule has 0 radical (unpaired) electrons. The number of hydrogen-bond acceptors (Lipinski definition) is 10. The number of carbonyl (C=O) groups is 3. The topological polar surface area (TPSA) is 148 Å². The minimum absolute atomic E-state index is 0.00561. The van der Waals surface area contributed by atoms with Crippen molar-refractivity contribution in [3.8, 4) is 0 Å². The molecule has 2 amide bonds. The summed E-state index contributed by atoms with van der Waals surface area (Å²) < 4.78 is 10.7. The van der Waals surface area contributed by atoms with Gasteiger partial charge in [-0.3, -0.25) is 19.7 Å². The molecule has 13 heteroatoms. The van der Waals surface area contributed by atoms with Gasteiger partial charge in [-0.1, -0.05) is 11.8 Å². The van der Waals surface area contributed by atoms with Gasteiger partial charge in [0, 0.05) is 56.5 Å². The van der Waals surface area contributed by atoms with Crippen molar-refractivity contribution in [3.63, 3.8) is 0 Å². The van der Waals surface area contributed by atoms with Crippen molar-refractivity contribution in [2.75, 3.05) is 31.1 Å². The van der Waals surface area contributed by atoms with E-state index < -0.39 is 16.9 Å². The molecule has 1 aromatic carbocycles. The van der Waals surface area contributed by atoms with Gasteiger partial charge in [0.1, 0.15) is 12.9 Å². The van der Waals surface area contributed by atoms with Crippen molar-refractivity contribution < 1.29 is 28.5 Å². The van der Waals surface area contributed by atoms with Crippen molar-refractivity contribution in [3.05, 3.63) is 51.9 Å². The van der Waals surface area contributed by atoms with Crippen molar-refractivity contribution in [2.45, 2.75) is 31.2 Å². The molecule has 1 atom stereocenters. The summed E-state index contributed by atoms with van der Waals surface area (Å²) in [4.78, 5) is 53.8. The third-order valence-electron chi connectivity index (χ3n) is 5.47. The van der Waals surface area contributed by atoms with E-state index in [0.29, 0.717) is 44.2 Å². The summed E-state index contributed by atoms with van der Waals surface area (Å²) >= 11 is 1.28. The van der Waals surface area contributed by atoms with Gasteiger partial charge >= 0.3 is 6.09 Å². The van der Waals surface area contributed by atoms with Crippen molar-refractivity contribution in [1.82, 2.24) is 15.2 Å². The fourth-order valence-corrected chi connectivity index (χ4v) is 4.65. The number of carbonyl (C=O) groups excluding carboxylic acids is 3. The van der Waals surface area contributed by atoms with E-state index in [1.807, 2.05) is 4.90 Å². The Morgan fingerprint density at radius 1 is 1.26 bits per heavy atom. The molecule has 1 N–H and O–H groups in total. The highest BCUT2D eigenvalue weighted by molar-refractivity contribution is 8.14. The number of nitrogens with one attached hydrogen (secondary N) is 1. The van der Waals surface area contributed by atoms with Crippen LogP contribution in [-0.2, 0) is 16.1 Å². The highest BCUT2D eigenvalue weighted by atomic mass is 32.2. The Bertz CT molecular complexity index is 1080. The summed E-state index contributed by atoms with van der Waals surface area (Å²) in [5, 5.41) is 13.8. The number of aromatic nitrogens is 1. The molecule has 180 valence electrons. The van der Waals surface area contributed by atoms with Gasteiger partial charge in [0.15, 0.2) is 10.8 Å². The lowest BCUT2D eigenvalue weighted by Crippen LogP contribution is -2.49. The van der Waals surface area contributed by atoms with Gasteiger partial charge in [0.25, 0.3) is 17.6 Å². The molecule has 2 aliphatic rings. The summed E-state index contributed by atoms with van der Waals surface area (Å²) in [6.45, 7) is 3.51. The van der Waals surface area contributed by atoms with Crippen LogP contribution in [0.2, 0.25) is 0 Å². The van der Waals surface area contributed by atoms with Crippen LogP contribution in [0.25, 0.3) is 0 Å². The van der Waals surface area contributed by atoms with Gasteiger partial charge in [0.2, 0.25) is 0 Å². The summed E-state index contributed by atoms with van der Waals surface area (Å²) in [6, 6.07) is 5.87. The van der Waals surface area contributed by atoms with Gasteiger partial charge in [-0.2, -0.15) is 4.98 Å². The van der Waals surface area contributed by atoms with Crippen LogP contribution in [0.4, 0.5) is 16.5 Å². The normalized spacial score (nSPS) is 17.9. The first kappa shape index (κ1) is 23.5. The maximum atomic E-state index is 12.5. The Balaban J connectivity index is 1.20. The zero-order valence-corrected chi connectivity index (χ0v) is 19.2. The molecular formula is C21H23N5O7S. The SMILES string of the molecule is CC(=O)SC1CN(c2nc(C(=O)NC3CCN(C(=O)OCc4ccc([N+](=O)[O-])cc4)C3)co2)C1. The largest absolute Gasteiger partial charge is 0.445 e. The first-order chi connectivity index (χ1) is 16.3. The maximum absolute atomic E-state index is 12.5. The molecule has 0 aliphatic carbocycles. The summed E-state index contributed by atoms with van der Waals surface area (Å²) in [5.41, 5.74) is 0.753. The zero-order chi connectivity index (χ0) is 24.2. The number of amides is 2. The Morgan fingerprint density at radius 3 is 2.68 bits per heavy atom. The number of non-ortho nitro benzene ring substituents is 1.